The quantitative estimate of drug-likeness (QED) is 0.804. The molecule has 0 aromatic heterocycles. The summed E-state index contributed by atoms with van der Waals surface area (Å²) in [5, 5.41) is 0. The molecule has 0 spiro atoms. The Kier molecular flexibility index (Phi) is 5.58. The summed E-state index contributed by atoms with van der Waals surface area (Å²) in [6.07, 6.45) is 2.33. The first kappa shape index (κ1) is 17.0. The van der Waals surface area contributed by atoms with Crippen molar-refractivity contribution >= 4 is 0 Å². The smallest absolute Gasteiger partial charge is 0.123 e. The van der Waals surface area contributed by atoms with Crippen LogP contribution >= 0.6 is 0 Å². The van der Waals surface area contributed by atoms with Crippen molar-refractivity contribution in [1.29, 1.82) is 0 Å². The van der Waals surface area contributed by atoms with Gasteiger partial charge in [0.05, 0.1) is 0 Å². The fourth-order valence-corrected chi connectivity index (χ4v) is 2.47. The van der Waals surface area contributed by atoms with Crippen molar-refractivity contribution in [2.75, 3.05) is 20.1 Å². The molecule has 0 saturated carbocycles. The van der Waals surface area contributed by atoms with Crippen LogP contribution in [0.15, 0.2) is 18.2 Å². The lowest BCUT2D eigenvalue weighted by Crippen LogP contribution is -2.36. The molecule has 0 amide bonds. The van der Waals surface area contributed by atoms with Gasteiger partial charge in [0.2, 0.25) is 0 Å². The molecule has 0 unspecified atom stereocenters. The highest BCUT2D eigenvalue weighted by Crippen LogP contribution is 2.33. The average Bonchev–Trinajstić information content (AvgIpc) is 2.33. The van der Waals surface area contributed by atoms with Gasteiger partial charge in [0.25, 0.3) is 0 Å². The molecule has 1 aromatic carbocycles. The van der Waals surface area contributed by atoms with Crippen LogP contribution in [0.4, 0.5) is 4.39 Å². The molecule has 1 aliphatic heterocycles. The van der Waals surface area contributed by atoms with Gasteiger partial charge in [0, 0.05) is 18.7 Å². The number of likely N-dealkylation sites (tertiary alicyclic amines) is 1. The van der Waals surface area contributed by atoms with Crippen LogP contribution in [0.5, 0.6) is 5.75 Å². The summed E-state index contributed by atoms with van der Waals surface area (Å²) in [5.74, 6) is 0.643. The fourth-order valence-electron chi connectivity index (χ4n) is 2.47. The summed E-state index contributed by atoms with van der Waals surface area (Å²) in [7, 11) is 2.13. The summed E-state index contributed by atoms with van der Waals surface area (Å²) in [5.41, 5.74) is 0.842. The number of benzene rings is 1. The first-order valence-corrected chi connectivity index (χ1v) is 7.01. The molecule has 1 saturated heterocycles. The molecule has 0 atom stereocenters. The van der Waals surface area contributed by atoms with Crippen LogP contribution in [-0.2, 0) is 5.41 Å². The van der Waals surface area contributed by atoms with E-state index in [1.165, 1.54) is 6.07 Å². The predicted molar refractivity (Wildman–Crippen MR) is 83.0 cm³/mol. The lowest BCUT2D eigenvalue weighted by atomic mass is 9.86. The number of hydrogen-bond acceptors (Lipinski definition) is 2. The highest BCUT2D eigenvalue weighted by Gasteiger charge is 2.23. The molecule has 2 rings (SSSR count). The van der Waals surface area contributed by atoms with Gasteiger partial charge in [-0.1, -0.05) is 28.2 Å². The Morgan fingerprint density at radius 3 is 2.35 bits per heavy atom. The topological polar surface area (TPSA) is 12.5 Å². The van der Waals surface area contributed by atoms with E-state index in [2.05, 4.69) is 32.7 Å². The fraction of sp³-hybridized carbons (Fsp3) is 0.647. The SMILES string of the molecule is C.CN1CCC(Oc2ccc(F)cc2C(C)(C)C)CC1. The molecule has 114 valence electrons. The van der Waals surface area contributed by atoms with Gasteiger partial charge >= 0.3 is 0 Å². The van der Waals surface area contributed by atoms with E-state index in [0.29, 0.717) is 0 Å². The molecule has 0 aliphatic carbocycles. The van der Waals surface area contributed by atoms with Crippen molar-refractivity contribution in [3.63, 3.8) is 0 Å². The van der Waals surface area contributed by atoms with Crippen LogP contribution in [0.25, 0.3) is 0 Å². The van der Waals surface area contributed by atoms with E-state index in [9.17, 15) is 4.39 Å². The van der Waals surface area contributed by atoms with Crippen LogP contribution < -0.4 is 4.74 Å². The molecular weight excluding hydrogens is 253 g/mol. The molecule has 20 heavy (non-hydrogen) atoms. The van der Waals surface area contributed by atoms with E-state index in [-0.39, 0.29) is 24.8 Å². The largest absolute Gasteiger partial charge is 0.490 e. The lowest BCUT2D eigenvalue weighted by molar-refractivity contribution is 0.112. The van der Waals surface area contributed by atoms with Gasteiger partial charge in [-0.25, -0.2) is 4.39 Å². The minimum atomic E-state index is -0.194. The van der Waals surface area contributed by atoms with Crippen LogP contribution in [0.2, 0.25) is 0 Å². The van der Waals surface area contributed by atoms with E-state index in [1.54, 1.807) is 12.1 Å². The van der Waals surface area contributed by atoms with E-state index >= 15 is 0 Å². The first-order valence-electron chi connectivity index (χ1n) is 7.01. The predicted octanol–water partition coefficient (Wildman–Crippen LogP) is 4.23. The number of nitrogens with zero attached hydrogens (tertiary/aromatic N) is 1. The molecule has 0 radical (unpaired) electrons. The molecule has 1 fully saturated rings. The van der Waals surface area contributed by atoms with Gasteiger partial charge in [-0.15, -0.1) is 0 Å². The summed E-state index contributed by atoms with van der Waals surface area (Å²) in [6, 6.07) is 4.86. The van der Waals surface area contributed by atoms with Crippen molar-refractivity contribution in [1.82, 2.24) is 4.90 Å². The summed E-state index contributed by atoms with van der Waals surface area (Å²) in [4.78, 5) is 2.31. The highest BCUT2D eigenvalue weighted by atomic mass is 19.1. The molecule has 1 heterocycles. The van der Waals surface area contributed by atoms with Crippen molar-refractivity contribution in [2.45, 2.75) is 52.6 Å². The van der Waals surface area contributed by atoms with Gasteiger partial charge in [0.1, 0.15) is 17.7 Å². The van der Waals surface area contributed by atoms with Crippen molar-refractivity contribution in [3.8, 4) is 5.75 Å². The van der Waals surface area contributed by atoms with Gasteiger partial charge in [-0.05, 0) is 43.5 Å². The monoisotopic (exact) mass is 281 g/mol. The Morgan fingerprint density at radius 1 is 1.20 bits per heavy atom. The average molecular weight is 281 g/mol. The zero-order chi connectivity index (χ0) is 14.0. The van der Waals surface area contributed by atoms with Gasteiger partial charge in [-0.3, -0.25) is 0 Å². The van der Waals surface area contributed by atoms with Gasteiger partial charge in [-0.2, -0.15) is 0 Å². The Morgan fingerprint density at radius 2 is 1.80 bits per heavy atom. The Labute approximate surface area is 122 Å². The van der Waals surface area contributed by atoms with Crippen molar-refractivity contribution in [2.24, 2.45) is 0 Å². The second kappa shape index (κ2) is 6.57. The number of halogens is 1. The van der Waals surface area contributed by atoms with Crippen LogP contribution in [0.1, 0.15) is 46.6 Å². The molecule has 3 heteroatoms. The maximum Gasteiger partial charge on any atom is 0.123 e. The van der Waals surface area contributed by atoms with Crippen LogP contribution in [0, 0.1) is 5.82 Å². The third kappa shape index (κ3) is 4.20. The number of hydrogen-bond donors (Lipinski definition) is 0. The molecular formula is C17H28FNO. The standard InChI is InChI=1S/C16H24FNO.CH4/c1-16(2,3)14-11-12(17)5-6-15(14)19-13-7-9-18(4)10-8-13;/h5-6,11,13H,7-10H2,1-4H3;1H4. The normalized spacial score (nSPS) is 17.6. The Bertz CT molecular complexity index is 431. The summed E-state index contributed by atoms with van der Waals surface area (Å²) in [6.45, 7) is 8.39. The van der Waals surface area contributed by atoms with Crippen LogP contribution in [0.3, 0.4) is 0 Å². The number of ether oxygens (including phenoxy) is 1. The van der Waals surface area contributed by atoms with Crippen molar-refractivity contribution in [3.05, 3.63) is 29.6 Å². The maximum absolute atomic E-state index is 13.4. The zero-order valence-corrected chi connectivity index (χ0v) is 12.4. The Hall–Kier alpha value is -1.09. The zero-order valence-electron chi connectivity index (χ0n) is 12.4. The summed E-state index contributed by atoms with van der Waals surface area (Å²) < 4.78 is 19.6. The van der Waals surface area contributed by atoms with Gasteiger partial charge in [0.15, 0.2) is 0 Å². The number of piperidine rings is 1. The van der Waals surface area contributed by atoms with E-state index in [1.807, 2.05) is 0 Å². The molecule has 2 nitrogen and oxygen atoms in total. The number of rotatable bonds is 2. The van der Waals surface area contributed by atoms with E-state index < -0.39 is 0 Å². The van der Waals surface area contributed by atoms with Crippen molar-refractivity contribution < 1.29 is 9.13 Å². The molecule has 0 bridgehead atoms. The van der Waals surface area contributed by atoms with Gasteiger partial charge < -0.3 is 9.64 Å². The molecule has 1 aliphatic rings. The highest BCUT2D eigenvalue weighted by molar-refractivity contribution is 5.39. The minimum absolute atomic E-state index is 0. The second-order valence-corrected chi connectivity index (χ2v) is 6.51. The third-order valence-electron chi connectivity index (χ3n) is 3.71. The summed E-state index contributed by atoms with van der Waals surface area (Å²) >= 11 is 0. The van der Waals surface area contributed by atoms with Crippen LogP contribution in [-0.4, -0.2) is 31.1 Å². The molecule has 1 aromatic rings. The Balaban J connectivity index is 0.00000200. The molecule has 0 N–H and O–H groups in total. The second-order valence-electron chi connectivity index (χ2n) is 6.51. The van der Waals surface area contributed by atoms with E-state index in [4.69, 9.17) is 4.74 Å². The van der Waals surface area contributed by atoms with E-state index in [0.717, 1.165) is 37.2 Å². The first-order chi connectivity index (χ1) is 8.86. The lowest BCUT2D eigenvalue weighted by Gasteiger charge is -2.31. The minimum Gasteiger partial charge on any atom is -0.490 e. The third-order valence-corrected chi connectivity index (χ3v) is 3.71. The maximum atomic E-state index is 13.4.